The van der Waals surface area contributed by atoms with E-state index in [0.717, 1.165) is 12.2 Å². The second kappa shape index (κ2) is 3.72. The molecule has 2 N–H and O–H groups in total. The zero-order chi connectivity index (χ0) is 8.32. The van der Waals surface area contributed by atoms with Gasteiger partial charge in [0.1, 0.15) is 0 Å². The van der Waals surface area contributed by atoms with Gasteiger partial charge in [-0.05, 0) is 25.1 Å². The van der Waals surface area contributed by atoms with Crippen LogP contribution < -0.4 is 5.73 Å². The molecule has 1 unspecified atom stereocenters. The number of hydrogen-bond acceptors (Lipinski definition) is 2. The fraction of sp³-hybridized carbons (Fsp3) is 1.00. The van der Waals surface area contributed by atoms with Crippen LogP contribution in [0.3, 0.4) is 0 Å². The minimum atomic E-state index is -2.53. The molecule has 1 nitrogen and oxygen atoms in total. The van der Waals surface area contributed by atoms with Crippen LogP contribution in [-0.2, 0) is 0 Å². The fourth-order valence-corrected chi connectivity index (χ4v) is 2.58. The van der Waals surface area contributed by atoms with Crippen molar-refractivity contribution in [3.8, 4) is 0 Å². The molecule has 0 aromatic carbocycles. The van der Waals surface area contributed by atoms with Crippen molar-refractivity contribution in [2.45, 2.75) is 30.4 Å². The average Bonchev–Trinajstić information content (AvgIpc) is 2.37. The van der Waals surface area contributed by atoms with Gasteiger partial charge in [-0.2, -0.15) is 11.8 Å². The van der Waals surface area contributed by atoms with Gasteiger partial charge in [0.2, 0.25) is 0 Å². The van der Waals surface area contributed by atoms with E-state index in [1.54, 1.807) is 0 Å². The zero-order valence-electron chi connectivity index (χ0n) is 6.35. The summed E-state index contributed by atoms with van der Waals surface area (Å²) in [7, 11) is 0. The van der Waals surface area contributed by atoms with Crippen molar-refractivity contribution in [1.29, 1.82) is 0 Å². The highest BCUT2D eigenvalue weighted by molar-refractivity contribution is 8.00. The number of alkyl halides is 2. The molecule has 1 atom stereocenters. The highest BCUT2D eigenvalue weighted by Gasteiger charge is 2.40. The Morgan fingerprint density at radius 3 is 2.73 bits per heavy atom. The lowest BCUT2D eigenvalue weighted by Crippen LogP contribution is -2.31. The Morgan fingerprint density at radius 1 is 1.55 bits per heavy atom. The molecule has 0 saturated carbocycles. The summed E-state index contributed by atoms with van der Waals surface area (Å²) in [6.45, 7) is 0.0874. The summed E-state index contributed by atoms with van der Waals surface area (Å²) in [5.41, 5.74) is 5.09. The van der Waals surface area contributed by atoms with Gasteiger partial charge in [0.15, 0.2) is 0 Å². The number of hydrogen-bond donors (Lipinski definition) is 1. The molecule has 0 aromatic rings. The summed E-state index contributed by atoms with van der Waals surface area (Å²) in [5, 5.41) is -0.467. The summed E-state index contributed by atoms with van der Waals surface area (Å²) < 4.78 is 26.1. The normalized spacial score (nSPS) is 25.9. The molecule has 1 fully saturated rings. The molecule has 66 valence electrons. The van der Waals surface area contributed by atoms with Crippen LogP contribution in [0, 0.1) is 0 Å². The van der Waals surface area contributed by atoms with Crippen molar-refractivity contribution in [3.05, 3.63) is 0 Å². The second-order valence-corrected chi connectivity index (χ2v) is 4.11. The van der Waals surface area contributed by atoms with Crippen LogP contribution in [0.1, 0.15) is 19.3 Å². The van der Waals surface area contributed by atoms with Gasteiger partial charge >= 0.3 is 0 Å². The second-order valence-electron chi connectivity index (χ2n) is 2.80. The molecule has 0 aromatic heterocycles. The van der Waals surface area contributed by atoms with Crippen LogP contribution in [0.2, 0.25) is 0 Å². The monoisotopic (exact) mass is 181 g/mol. The molecular weight excluding hydrogens is 168 g/mol. The lowest BCUT2D eigenvalue weighted by Gasteiger charge is -2.21. The smallest absolute Gasteiger partial charge is 0.260 e. The third-order valence-electron chi connectivity index (χ3n) is 1.88. The van der Waals surface area contributed by atoms with E-state index in [9.17, 15) is 8.78 Å². The first-order valence-corrected chi connectivity index (χ1v) is 4.91. The van der Waals surface area contributed by atoms with E-state index in [4.69, 9.17) is 5.73 Å². The van der Waals surface area contributed by atoms with Crippen LogP contribution in [0.15, 0.2) is 0 Å². The molecule has 4 heteroatoms. The predicted molar refractivity (Wildman–Crippen MR) is 44.1 cm³/mol. The molecule has 1 heterocycles. The van der Waals surface area contributed by atoms with E-state index in [0.29, 0.717) is 6.42 Å². The Morgan fingerprint density at radius 2 is 2.27 bits per heavy atom. The van der Waals surface area contributed by atoms with Crippen molar-refractivity contribution < 1.29 is 8.78 Å². The van der Waals surface area contributed by atoms with Crippen molar-refractivity contribution in [1.82, 2.24) is 0 Å². The Labute approximate surface area is 69.7 Å². The van der Waals surface area contributed by atoms with Crippen LogP contribution in [-0.4, -0.2) is 23.5 Å². The number of nitrogens with two attached hydrogens (primary N) is 1. The van der Waals surface area contributed by atoms with Crippen LogP contribution >= 0.6 is 11.8 Å². The van der Waals surface area contributed by atoms with Gasteiger partial charge in [-0.1, -0.05) is 0 Å². The third-order valence-corrected chi connectivity index (χ3v) is 3.39. The first kappa shape index (κ1) is 9.26. The Hall–Kier alpha value is 0.170. The molecule has 0 spiro atoms. The highest BCUT2D eigenvalue weighted by Crippen LogP contribution is 2.39. The van der Waals surface area contributed by atoms with Gasteiger partial charge in [-0.25, -0.2) is 8.78 Å². The van der Waals surface area contributed by atoms with Crippen molar-refractivity contribution in [3.63, 3.8) is 0 Å². The molecule has 1 aliphatic rings. The van der Waals surface area contributed by atoms with Gasteiger partial charge in [-0.15, -0.1) is 0 Å². The van der Waals surface area contributed by atoms with Gasteiger partial charge < -0.3 is 5.73 Å². The SMILES string of the molecule is NCCC(F)(F)C1CCCS1. The van der Waals surface area contributed by atoms with E-state index < -0.39 is 11.2 Å². The number of rotatable bonds is 3. The van der Waals surface area contributed by atoms with E-state index in [2.05, 4.69) is 0 Å². The molecule has 1 saturated heterocycles. The minimum absolute atomic E-state index is 0.0874. The first-order chi connectivity index (χ1) is 5.17. The summed E-state index contributed by atoms with van der Waals surface area (Å²) >= 11 is 1.38. The van der Waals surface area contributed by atoms with E-state index >= 15 is 0 Å². The average molecular weight is 181 g/mol. The summed E-state index contributed by atoms with van der Waals surface area (Å²) in [6, 6.07) is 0. The van der Waals surface area contributed by atoms with Gasteiger partial charge in [-0.3, -0.25) is 0 Å². The Balaban J connectivity index is 2.41. The molecule has 1 aliphatic heterocycles. The zero-order valence-corrected chi connectivity index (χ0v) is 7.17. The molecule has 0 radical (unpaired) electrons. The van der Waals surface area contributed by atoms with E-state index in [-0.39, 0.29) is 13.0 Å². The van der Waals surface area contributed by atoms with Crippen molar-refractivity contribution in [2.24, 2.45) is 5.73 Å². The Bertz CT molecular complexity index is 124. The van der Waals surface area contributed by atoms with E-state index in [1.807, 2.05) is 0 Å². The van der Waals surface area contributed by atoms with Gasteiger partial charge in [0.05, 0.1) is 5.25 Å². The molecular formula is C7H13F2NS. The largest absolute Gasteiger partial charge is 0.330 e. The van der Waals surface area contributed by atoms with Crippen molar-refractivity contribution in [2.75, 3.05) is 12.3 Å². The maximum Gasteiger partial charge on any atom is 0.260 e. The maximum atomic E-state index is 13.0. The van der Waals surface area contributed by atoms with E-state index in [1.165, 1.54) is 11.8 Å². The molecule has 0 bridgehead atoms. The lowest BCUT2D eigenvalue weighted by molar-refractivity contribution is -0.00734. The maximum absolute atomic E-state index is 13.0. The number of halogens is 2. The van der Waals surface area contributed by atoms with Gasteiger partial charge in [0.25, 0.3) is 5.92 Å². The van der Waals surface area contributed by atoms with Crippen LogP contribution in [0.5, 0.6) is 0 Å². The summed E-state index contributed by atoms with van der Waals surface area (Å²) in [6.07, 6.45) is 1.41. The van der Waals surface area contributed by atoms with Gasteiger partial charge in [0, 0.05) is 6.42 Å². The highest BCUT2D eigenvalue weighted by atomic mass is 32.2. The predicted octanol–water partition coefficient (Wildman–Crippen LogP) is 1.87. The molecule has 1 rings (SSSR count). The molecule has 0 aliphatic carbocycles. The first-order valence-electron chi connectivity index (χ1n) is 3.86. The fourth-order valence-electron chi connectivity index (χ4n) is 1.26. The van der Waals surface area contributed by atoms with Crippen molar-refractivity contribution >= 4 is 11.8 Å². The topological polar surface area (TPSA) is 26.0 Å². The van der Waals surface area contributed by atoms with Crippen LogP contribution in [0.4, 0.5) is 8.78 Å². The quantitative estimate of drug-likeness (QED) is 0.719. The van der Waals surface area contributed by atoms with Crippen LogP contribution in [0.25, 0.3) is 0 Å². The molecule has 11 heavy (non-hydrogen) atoms. The Kier molecular flexibility index (Phi) is 3.13. The third kappa shape index (κ3) is 2.30. The lowest BCUT2D eigenvalue weighted by atomic mass is 10.1. The standard InChI is InChI=1S/C7H13F2NS/c8-7(9,3-4-10)6-2-1-5-11-6/h6H,1-5,10H2. The number of thioether (sulfide) groups is 1. The summed E-state index contributed by atoms with van der Waals surface area (Å²) in [5.74, 6) is -1.65. The minimum Gasteiger partial charge on any atom is -0.330 e. The molecule has 0 amide bonds. The summed E-state index contributed by atoms with van der Waals surface area (Å²) in [4.78, 5) is 0.